The van der Waals surface area contributed by atoms with Crippen LogP contribution in [0.4, 0.5) is 0 Å². The van der Waals surface area contributed by atoms with E-state index >= 15 is 0 Å². The Bertz CT molecular complexity index is 2650. The standard InChI is InChI=1S/C43H29N9O6P3/c44-25-32-1-13-38(14-2-32)53-31-50-60(55-40-17-5-34(27-46)6-18-40,56-41-19-7-35(28-47)8-20-41)52-61(57-42-21-9-36(29-48)10-22-42,58-43-23-11-37(30-49)12-24-43)51-59-54-39-15-3-33(26-45)4-16-39/h1-24,50-51,59H,31H2/q+1. The molecule has 6 aromatic rings. The third-order valence-electron chi connectivity index (χ3n) is 7.91. The predicted molar refractivity (Wildman–Crippen MR) is 226 cm³/mol. The highest BCUT2D eigenvalue weighted by Gasteiger charge is 2.53. The molecule has 0 aromatic heterocycles. The summed E-state index contributed by atoms with van der Waals surface area (Å²) in [6.07, 6.45) is 0. The molecule has 2 N–H and O–H groups in total. The Labute approximate surface area is 353 Å². The minimum Gasteiger partial charge on any atom is -0.478 e. The molecule has 1 atom stereocenters. The number of hydrogen-bond donors (Lipinski definition) is 2. The number of benzene rings is 6. The molecule has 0 bridgehead atoms. The molecule has 0 spiro atoms. The summed E-state index contributed by atoms with van der Waals surface area (Å²) in [5.74, 6) is 1.63. The first-order valence-corrected chi connectivity index (χ1v) is 21.7. The lowest BCUT2D eigenvalue weighted by Crippen LogP contribution is -2.26. The van der Waals surface area contributed by atoms with E-state index in [1.165, 1.54) is 0 Å². The fourth-order valence-corrected chi connectivity index (χ4v) is 10.9. The molecule has 0 aliphatic rings. The Kier molecular flexibility index (Phi) is 14.5. The second kappa shape index (κ2) is 20.7. The summed E-state index contributed by atoms with van der Waals surface area (Å²) < 4.78 is 44.3. The van der Waals surface area contributed by atoms with Crippen LogP contribution in [-0.2, 0) is 0 Å². The van der Waals surface area contributed by atoms with Gasteiger partial charge in [-0.05, 0) is 150 Å². The van der Waals surface area contributed by atoms with Crippen LogP contribution in [0.5, 0.6) is 34.5 Å². The van der Waals surface area contributed by atoms with Gasteiger partial charge in [0.1, 0.15) is 29.7 Å². The molecule has 15 nitrogen and oxygen atoms in total. The molecule has 0 radical (unpaired) electrons. The zero-order chi connectivity index (χ0) is 42.9. The number of nitriles is 6. The van der Waals surface area contributed by atoms with Crippen molar-refractivity contribution in [2.24, 2.45) is 4.52 Å². The molecule has 0 aliphatic carbocycles. The number of nitrogens with one attached hydrogen (secondary N) is 2. The van der Waals surface area contributed by atoms with Gasteiger partial charge >= 0.3 is 15.7 Å². The van der Waals surface area contributed by atoms with Crippen molar-refractivity contribution in [1.82, 2.24) is 9.95 Å². The van der Waals surface area contributed by atoms with Gasteiger partial charge in [0, 0.05) is 4.52 Å². The molecule has 0 aliphatic heterocycles. The van der Waals surface area contributed by atoms with Crippen LogP contribution in [-0.4, -0.2) is 6.73 Å². The summed E-state index contributed by atoms with van der Waals surface area (Å²) >= 11 is 0. The fourth-order valence-electron chi connectivity index (χ4n) is 4.92. The van der Waals surface area contributed by atoms with Gasteiger partial charge in [0.2, 0.25) is 0 Å². The molecular weight excluding hydrogens is 831 g/mol. The summed E-state index contributed by atoms with van der Waals surface area (Å²) in [6, 6.07) is 50.2. The lowest BCUT2D eigenvalue weighted by atomic mass is 10.2. The van der Waals surface area contributed by atoms with Crippen LogP contribution in [0.15, 0.2) is 150 Å². The molecule has 1 unspecified atom stereocenters. The quantitative estimate of drug-likeness (QED) is 0.0641. The number of hydrogen-bond acceptors (Lipinski definition) is 14. The van der Waals surface area contributed by atoms with Crippen molar-refractivity contribution in [1.29, 1.82) is 31.6 Å². The molecule has 61 heavy (non-hydrogen) atoms. The molecular formula is C43H29N9O6P3+. The molecule has 18 heteroatoms. The largest absolute Gasteiger partial charge is 0.583 e. The minimum atomic E-state index is -4.11. The van der Waals surface area contributed by atoms with Crippen molar-refractivity contribution in [3.05, 3.63) is 179 Å². The van der Waals surface area contributed by atoms with Gasteiger partial charge < -0.3 is 18.3 Å². The van der Waals surface area contributed by atoms with Gasteiger partial charge in [-0.3, -0.25) is 9.05 Å². The topological polar surface area (TPSA) is 235 Å². The Balaban J connectivity index is 1.56. The first-order valence-electron chi connectivity index (χ1n) is 17.7. The molecule has 0 saturated carbocycles. The van der Waals surface area contributed by atoms with E-state index in [0.717, 1.165) is 0 Å². The average molecular weight is 861 g/mol. The van der Waals surface area contributed by atoms with Crippen LogP contribution in [0.1, 0.15) is 33.4 Å². The zero-order valence-corrected chi connectivity index (χ0v) is 34.3. The van der Waals surface area contributed by atoms with Crippen LogP contribution in [0, 0.1) is 68.0 Å². The lowest BCUT2D eigenvalue weighted by Gasteiger charge is -2.27. The van der Waals surface area contributed by atoms with Gasteiger partial charge in [-0.2, -0.15) is 36.7 Å². The SMILES string of the molecule is N#Cc1ccc(OCNP(=N[P+](NPOc2ccc(C#N)cc2)(Oc2ccc(C#N)cc2)Oc2ccc(C#N)cc2)(Oc2ccc(C#N)cc2)Oc2ccc(C#N)cc2)cc1. The van der Waals surface area contributed by atoms with E-state index in [2.05, 4.69) is 46.4 Å². The maximum Gasteiger partial charge on any atom is 0.583 e. The summed E-state index contributed by atoms with van der Waals surface area (Å²) in [7, 11) is -8.84. The minimum absolute atomic E-state index is 0.210. The van der Waals surface area contributed by atoms with Gasteiger partial charge in [0.15, 0.2) is 20.5 Å². The Hall–Kier alpha value is -7.93. The van der Waals surface area contributed by atoms with Crippen LogP contribution >= 0.6 is 24.6 Å². The van der Waals surface area contributed by atoms with Gasteiger partial charge in [-0.1, -0.05) is 0 Å². The van der Waals surface area contributed by atoms with Gasteiger partial charge in [0.05, 0.1) is 69.8 Å². The second-order valence-electron chi connectivity index (χ2n) is 12.1. The third-order valence-corrected chi connectivity index (χ3v) is 14.0. The summed E-state index contributed by atoms with van der Waals surface area (Å²) in [6.45, 7) is -0.298. The van der Waals surface area contributed by atoms with Crippen molar-refractivity contribution < 1.29 is 27.4 Å². The molecule has 0 heterocycles. The normalized spacial score (nSPS) is 10.7. The number of nitrogens with zero attached hydrogens (tertiary/aromatic N) is 7. The van der Waals surface area contributed by atoms with Crippen LogP contribution in [0.3, 0.4) is 0 Å². The van der Waals surface area contributed by atoms with Gasteiger partial charge in [-0.25, -0.2) is 0 Å². The van der Waals surface area contributed by atoms with Crippen molar-refractivity contribution in [2.75, 3.05) is 6.73 Å². The van der Waals surface area contributed by atoms with E-state index < -0.39 is 24.6 Å². The second-order valence-corrected chi connectivity index (χ2v) is 17.2. The first-order chi connectivity index (χ1) is 29.8. The molecule has 0 amide bonds. The fraction of sp³-hybridized carbons (Fsp3) is 0.0233. The molecule has 0 fully saturated rings. The summed E-state index contributed by atoms with van der Waals surface area (Å²) in [5.41, 5.74) is 2.29. The Morgan fingerprint density at radius 2 is 0.754 bits per heavy atom. The van der Waals surface area contributed by atoms with Gasteiger partial charge in [-0.15, -0.1) is 0 Å². The summed E-state index contributed by atoms with van der Waals surface area (Å²) in [4.78, 5) is 3.23. The smallest absolute Gasteiger partial charge is 0.478 e. The van der Waals surface area contributed by atoms with E-state index in [9.17, 15) is 31.6 Å². The molecule has 6 aromatic carbocycles. The summed E-state index contributed by atoms with van der Waals surface area (Å²) in [5, 5.41) is 60.1. The van der Waals surface area contributed by atoms with E-state index in [0.29, 0.717) is 44.9 Å². The lowest BCUT2D eigenvalue weighted by molar-refractivity contribution is 0.300. The van der Waals surface area contributed by atoms with Crippen molar-refractivity contribution >= 4 is 24.6 Å². The number of ether oxygens (including phenoxy) is 1. The van der Waals surface area contributed by atoms with Crippen molar-refractivity contribution in [2.45, 2.75) is 0 Å². The Morgan fingerprint density at radius 3 is 1.10 bits per heavy atom. The molecule has 6 rings (SSSR count). The predicted octanol–water partition coefficient (Wildman–Crippen LogP) is 9.96. The van der Waals surface area contributed by atoms with Gasteiger partial charge in [0.25, 0.3) is 0 Å². The maximum absolute atomic E-state index is 9.55. The van der Waals surface area contributed by atoms with Crippen molar-refractivity contribution in [3.63, 3.8) is 0 Å². The highest BCUT2D eigenvalue weighted by molar-refractivity contribution is 7.75. The first kappa shape index (κ1) is 42.7. The van der Waals surface area contributed by atoms with E-state index in [-0.39, 0.29) is 29.7 Å². The third kappa shape index (κ3) is 12.1. The van der Waals surface area contributed by atoms with E-state index in [1.54, 1.807) is 146 Å². The monoisotopic (exact) mass is 860 g/mol. The van der Waals surface area contributed by atoms with Crippen LogP contribution in [0.25, 0.3) is 0 Å². The Morgan fingerprint density at radius 1 is 0.443 bits per heavy atom. The molecule has 0 saturated heterocycles. The van der Waals surface area contributed by atoms with Crippen LogP contribution < -0.4 is 37.3 Å². The maximum atomic E-state index is 9.55. The highest BCUT2D eigenvalue weighted by Crippen LogP contribution is 2.68. The van der Waals surface area contributed by atoms with Crippen molar-refractivity contribution in [3.8, 4) is 70.9 Å². The average Bonchev–Trinajstić information content (AvgIpc) is 3.30. The zero-order valence-electron chi connectivity index (χ0n) is 31.5. The van der Waals surface area contributed by atoms with Crippen LogP contribution in [0.2, 0.25) is 0 Å². The number of rotatable bonds is 17. The van der Waals surface area contributed by atoms with E-state index in [4.69, 9.17) is 31.9 Å². The molecule has 296 valence electrons. The van der Waals surface area contributed by atoms with E-state index in [1.807, 2.05) is 0 Å². The highest BCUT2D eigenvalue weighted by atomic mass is 31.3.